The molecule has 2 saturated heterocycles. The first kappa shape index (κ1) is 22.5. The van der Waals surface area contributed by atoms with Crippen LogP contribution in [0.4, 0.5) is 0 Å². The first-order valence-corrected chi connectivity index (χ1v) is 10.2. The fourth-order valence-corrected chi connectivity index (χ4v) is 3.17. The van der Waals surface area contributed by atoms with Gasteiger partial charge in [-0.1, -0.05) is 45.6 Å². The molecule has 6 nitrogen and oxygen atoms in total. The van der Waals surface area contributed by atoms with E-state index in [0.29, 0.717) is 38.1 Å². The predicted octanol–water partition coefficient (Wildman–Crippen LogP) is 3.16. The zero-order valence-corrected chi connectivity index (χ0v) is 17.5. The van der Waals surface area contributed by atoms with Gasteiger partial charge in [-0.15, -0.1) is 0 Å². The Labute approximate surface area is 169 Å². The lowest BCUT2D eigenvalue weighted by atomic mass is 9.96. The molecular weight excluding hydrogens is 354 g/mol. The molecule has 2 rings (SSSR count). The van der Waals surface area contributed by atoms with Gasteiger partial charge in [0.1, 0.15) is 12.1 Å². The van der Waals surface area contributed by atoms with E-state index in [0.717, 1.165) is 25.1 Å². The van der Waals surface area contributed by atoms with Crippen LogP contribution < -0.4 is 5.32 Å². The maximum absolute atomic E-state index is 11.4. The number of aliphatic imine (C=N–C) groups is 1. The van der Waals surface area contributed by atoms with E-state index in [1.165, 1.54) is 0 Å². The van der Waals surface area contributed by atoms with Crippen molar-refractivity contribution in [1.29, 1.82) is 0 Å². The van der Waals surface area contributed by atoms with Crippen LogP contribution in [0.5, 0.6) is 0 Å². The van der Waals surface area contributed by atoms with E-state index >= 15 is 0 Å². The second-order valence-corrected chi connectivity index (χ2v) is 8.58. The summed E-state index contributed by atoms with van der Waals surface area (Å²) in [5.74, 6) is 0.530. The maximum atomic E-state index is 11.4. The average molecular weight is 390 g/mol. The number of hydrogen-bond donors (Lipinski definition) is 2. The summed E-state index contributed by atoms with van der Waals surface area (Å²) in [4.78, 5) is 17.7. The lowest BCUT2D eigenvalue weighted by molar-refractivity contribution is -0.119. The number of carbonyl (C=O) groups is 1. The lowest BCUT2D eigenvalue weighted by Gasteiger charge is -2.22. The zero-order chi connectivity index (χ0) is 20.6. The van der Waals surface area contributed by atoms with Crippen LogP contribution in [0.25, 0.3) is 0 Å². The highest BCUT2D eigenvalue weighted by Gasteiger charge is 2.27. The molecule has 0 aromatic heterocycles. The van der Waals surface area contributed by atoms with Crippen LogP contribution in [-0.2, 0) is 9.53 Å². The maximum Gasteiger partial charge on any atom is 0.225 e. The Morgan fingerprint density at radius 1 is 1.39 bits per heavy atom. The molecule has 0 radical (unpaired) electrons. The van der Waals surface area contributed by atoms with Crippen molar-refractivity contribution in [3.05, 3.63) is 36.6 Å². The number of rotatable bonds is 8. The smallest absolute Gasteiger partial charge is 0.225 e. The molecule has 2 aliphatic heterocycles. The van der Waals surface area contributed by atoms with Crippen LogP contribution >= 0.6 is 0 Å². The fourth-order valence-electron chi connectivity index (χ4n) is 3.17. The van der Waals surface area contributed by atoms with Crippen LogP contribution in [-0.4, -0.2) is 53.8 Å². The summed E-state index contributed by atoms with van der Waals surface area (Å²) in [5.41, 5.74) is 1.03. The van der Waals surface area contributed by atoms with E-state index in [1.54, 1.807) is 6.20 Å². The van der Waals surface area contributed by atoms with Crippen LogP contribution in [0.15, 0.2) is 41.6 Å². The van der Waals surface area contributed by atoms with Crippen molar-refractivity contribution in [2.75, 3.05) is 19.7 Å². The summed E-state index contributed by atoms with van der Waals surface area (Å²) in [6, 6.07) is 0. The van der Waals surface area contributed by atoms with Crippen molar-refractivity contribution in [3.63, 3.8) is 0 Å². The van der Waals surface area contributed by atoms with E-state index < -0.39 is 6.23 Å². The van der Waals surface area contributed by atoms with Gasteiger partial charge in [0.05, 0.1) is 12.7 Å². The molecule has 0 saturated carbocycles. The summed E-state index contributed by atoms with van der Waals surface area (Å²) in [6.07, 6.45) is 11.0. The quantitative estimate of drug-likeness (QED) is 0.626. The van der Waals surface area contributed by atoms with Crippen molar-refractivity contribution < 1.29 is 14.6 Å². The normalized spacial score (nSPS) is 24.6. The third kappa shape index (κ3) is 8.09. The summed E-state index contributed by atoms with van der Waals surface area (Å²) in [5, 5.41) is 13.1. The largest absolute Gasteiger partial charge is 0.378 e. The minimum atomic E-state index is -0.472. The Bertz CT molecular complexity index is 631. The highest BCUT2D eigenvalue weighted by atomic mass is 16.5. The average Bonchev–Trinajstić information content (AvgIpc) is 3.09. The third-order valence-electron chi connectivity index (χ3n) is 4.79. The first-order valence-electron chi connectivity index (χ1n) is 10.2. The molecule has 156 valence electrons. The molecule has 0 spiro atoms. The van der Waals surface area contributed by atoms with Crippen LogP contribution in [0.1, 0.15) is 52.9 Å². The summed E-state index contributed by atoms with van der Waals surface area (Å²) >= 11 is 0. The molecule has 0 aromatic carbocycles. The second kappa shape index (κ2) is 10.7. The standard InChI is InChI=1S/C22H35N3O3/c1-17-9-10-19(26)24-21(17)23-13-6-5-8-20(27)25-14-11-18(16-25)28-15-7-12-22(2,3)4/h6-7,12-13,18,20,27H,1,5,8-11,14-16H2,2-4H3,(H,23,24,26)/b12-7-,13-6+. The lowest BCUT2D eigenvalue weighted by Crippen LogP contribution is -2.35. The minimum absolute atomic E-state index is 0.0188. The number of likely N-dealkylation sites (tertiary alicyclic amines) is 1. The van der Waals surface area contributed by atoms with Gasteiger partial charge < -0.3 is 15.2 Å². The molecule has 0 aromatic rings. The number of aliphatic hydroxyl groups is 1. The zero-order valence-electron chi connectivity index (χ0n) is 17.5. The van der Waals surface area contributed by atoms with Crippen molar-refractivity contribution in [3.8, 4) is 0 Å². The molecule has 2 aliphatic rings. The topological polar surface area (TPSA) is 74.2 Å². The molecule has 2 heterocycles. The number of aliphatic hydroxyl groups excluding tert-OH is 1. The molecular formula is C22H35N3O3. The van der Waals surface area contributed by atoms with Gasteiger partial charge in [0.25, 0.3) is 0 Å². The molecule has 2 unspecified atom stereocenters. The first-order chi connectivity index (χ1) is 13.2. The van der Waals surface area contributed by atoms with Gasteiger partial charge in [-0.3, -0.25) is 9.69 Å². The number of nitrogens with zero attached hydrogens (tertiary/aromatic N) is 2. The monoisotopic (exact) mass is 389 g/mol. The van der Waals surface area contributed by atoms with Crippen molar-refractivity contribution in [2.24, 2.45) is 10.4 Å². The number of piperidine rings is 1. The Balaban J connectivity index is 1.65. The van der Waals surface area contributed by atoms with Crippen LogP contribution in [0, 0.1) is 5.41 Å². The fraction of sp³-hybridized carbons (Fsp3) is 0.636. The molecule has 2 fully saturated rings. The Morgan fingerprint density at radius 2 is 2.18 bits per heavy atom. The number of amides is 1. The van der Waals surface area contributed by atoms with Gasteiger partial charge >= 0.3 is 0 Å². The number of nitrogens with one attached hydrogen (secondary N) is 1. The highest BCUT2D eigenvalue weighted by molar-refractivity contribution is 6.10. The number of ether oxygens (including phenoxy) is 1. The molecule has 0 aliphatic carbocycles. The number of carbonyl (C=O) groups excluding carboxylic acids is 1. The predicted molar refractivity (Wildman–Crippen MR) is 113 cm³/mol. The van der Waals surface area contributed by atoms with Gasteiger partial charge in [-0.05, 0) is 36.7 Å². The molecule has 6 heteroatoms. The highest BCUT2D eigenvalue weighted by Crippen LogP contribution is 2.18. The van der Waals surface area contributed by atoms with Crippen LogP contribution in [0.3, 0.4) is 0 Å². The van der Waals surface area contributed by atoms with E-state index in [4.69, 9.17) is 4.74 Å². The van der Waals surface area contributed by atoms with Crippen molar-refractivity contribution >= 4 is 11.7 Å². The van der Waals surface area contributed by atoms with E-state index in [2.05, 4.69) is 54.7 Å². The number of amidine groups is 1. The SMILES string of the molecule is C=C1CCC(=O)NC1=N/C=C/CCC(O)N1CCC(OC/C=C\C(C)(C)C)C1. The Hall–Kier alpha value is -1.76. The number of hydrogen-bond acceptors (Lipinski definition) is 5. The Kier molecular flexibility index (Phi) is 8.60. The van der Waals surface area contributed by atoms with Gasteiger partial charge in [0, 0.05) is 25.7 Å². The van der Waals surface area contributed by atoms with Crippen LogP contribution in [0.2, 0.25) is 0 Å². The second-order valence-electron chi connectivity index (χ2n) is 8.58. The molecule has 2 atom stereocenters. The van der Waals surface area contributed by atoms with Gasteiger partial charge in [0.15, 0.2) is 0 Å². The summed E-state index contributed by atoms with van der Waals surface area (Å²) in [6.45, 7) is 12.7. The van der Waals surface area contributed by atoms with Gasteiger partial charge in [0.2, 0.25) is 5.91 Å². The molecule has 0 bridgehead atoms. The third-order valence-corrected chi connectivity index (χ3v) is 4.79. The summed E-state index contributed by atoms with van der Waals surface area (Å²) in [7, 11) is 0. The van der Waals surface area contributed by atoms with Gasteiger partial charge in [-0.2, -0.15) is 0 Å². The molecule has 2 N–H and O–H groups in total. The molecule has 1 amide bonds. The molecule has 28 heavy (non-hydrogen) atoms. The number of allylic oxidation sites excluding steroid dienone is 2. The van der Waals surface area contributed by atoms with Crippen molar-refractivity contribution in [2.45, 2.75) is 65.2 Å². The van der Waals surface area contributed by atoms with Crippen molar-refractivity contribution in [1.82, 2.24) is 10.2 Å². The van der Waals surface area contributed by atoms with E-state index in [1.807, 2.05) is 6.08 Å². The van der Waals surface area contributed by atoms with E-state index in [9.17, 15) is 9.90 Å². The Morgan fingerprint density at radius 3 is 2.93 bits per heavy atom. The summed E-state index contributed by atoms with van der Waals surface area (Å²) < 4.78 is 5.89. The van der Waals surface area contributed by atoms with E-state index in [-0.39, 0.29) is 17.4 Å². The minimum Gasteiger partial charge on any atom is -0.378 e. The van der Waals surface area contributed by atoms with Gasteiger partial charge in [-0.25, -0.2) is 4.99 Å².